The van der Waals surface area contributed by atoms with Crippen LogP contribution in [0.4, 0.5) is 0 Å². The van der Waals surface area contributed by atoms with Crippen LogP contribution in [-0.2, 0) is 9.09 Å². The zero-order valence-corrected chi connectivity index (χ0v) is 10.2. The molecule has 1 aliphatic rings. The molecule has 1 atom stereocenters. The second-order valence-electron chi connectivity index (χ2n) is 4.74. The molecule has 0 amide bonds. The minimum Gasteiger partial charge on any atom is -0.429 e. The summed E-state index contributed by atoms with van der Waals surface area (Å²) in [4.78, 5) is 9.22. The van der Waals surface area contributed by atoms with E-state index in [9.17, 15) is 9.46 Å². The molecule has 0 bridgehead atoms. The van der Waals surface area contributed by atoms with E-state index in [0.717, 1.165) is 30.6 Å². The molecular formula is C10H19O3P. The van der Waals surface area contributed by atoms with Crippen molar-refractivity contribution in [2.75, 3.05) is 6.66 Å². The van der Waals surface area contributed by atoms with Gasteiger partial charge >= 0.3 is 7.60 Å². The van der Waals surface area contributed by atoms with Crippen molar-refractivity contribution in [3.63, 3.8) is 0 Å². The first-order valence-corrected chi connectivity index (χ1v) is 6.95. The van der Waals surface area contributed by atoms with E-state index in [4.69, 9.17) is 4.52 Å². The van der Waals surface area contributed by atoms with Gasteiger partial charge in [-0.25, -0.2) is 4.57 Å². The summed E-state index contributed by atoms with van der Waals surface area (Å²) in [5.41, 5.74) is 1.01. The van der Waals surface area contributed by atoms with Gasteiger partial charge in [0.15, 0.2) is 0 Å². The van der Waals surface area contributed by atoms with Gasteiger partial charge in [-0.15, -0.1) is 0 Å². The summed E-state index contributed by atoms with van der Waals surface area (Å²) in [6.45, 7) is 7.32. The lowest BCUT2D eigenvalue weighted by Crippen LogP contribution is -2.21. The SMILES string of the molecule is CC1=C(OP(C)(=O)O)C(C)(C)CCC1. The molecule has 0 saturated heterocycles. The second kappa shape index (κ2) is 3.71. The van der Waals surface area contributed by atoms with E-state index in [1.165, 1.54) is 6.66 Å². The van der Waals surface area contributed by atoms with Crippen molar-refractivity contribution in [3.8, 4) is 0 Å². The fraction of sp³-hybridized carbons (Fsp3) is 0.800. The highest BCUT2D eigenvalue weighted by Crippen LogP contribution is 2.49. The summed E-state index contributed by atoms with van der Waals surface area (Å²) >= 11 is 0. The van der Waals surface area contributed by atoms with Gasteiger partial charge in [0.05, 0.1) is 0 Å². The van der Waals surface area contributed by atoms with Crippen molar-refractivity contribution in [2.45, 2.75) is 40.0 Å². The number of rotatable bonds is 2. The maximum atomic E-state index is 11.2. The predicted molar refractivity (Wildman–Crippen MR) is 57.2 cm³/mol. The standard InChI is InChI=1S/C10H19O3P/c1-8-6-5-7-10(2,3)9(8)13-14(4,11)12/h5-7H2,1-4H3,(H,11,12). The lowest BCUT2D eigenvalue weighted by atomic mass is 9.78. The van der Waals surface area contributed by atoms with Crippen molar-refractivity contribution in [1.29, 1.82) is 0 Å². The largest absolute Gasteiger partial charge is 0.429 e. The topological polar surface area (TPSA) is 46.5 Å². The van der Waals surface area contributed by atoms with Crippen LogP contribution in [0.1, 0.15) is 40.0 Å². The van der Waals surface area contributed by atoms with E-state index in [-0.39, 0.29) is 5.41 Å². The highest BCUT2D eigenvalue weighted by molar-refractivity contribution is 7.52. The molecule has 0 aromatic carbocycles. The Morgan fingerprint density at radius 1 is 1.50 bits per heavy atom. The van der Waals surface area contributed by atoms with Gasteiger partial charge in [0, 0.05) is 12.1 Å². The molecule has 0 saturated carbocycles. The van der Waals surface area contributed by atoms with Gasteiger partial charge in [-0.05, 0) is 31.8 Å². The summed E-state index contributed by atoms with van der Waals surface area (Å²) in [7, 11) is -3.41. The van der Waals surface area contributed by atoms with Gasteiger partial charge < -0.3 is 9.42 Å². The molecule has 1 N–H and O–H groups in total. The van der Waals surface area contributed by atoms with Gasteiger partial charge in [-0.3, -0.25) is 0 Å². The molecule has 1 rings (SSSR count). The Balaban J connectivity index is 2.97. The third-order valence-electron chi connectivity index (χ3n) is 2.62. The van der Waals surface area contributed by atoms with Crippen LogP contribution in [0.15, 0.2) is 11.3 Å². The summed E-state index contributed by atoms with van der Waals surface area (Å²) in [5, 5.41) is 0. The van der Waals surface area contributed by atoms with Gasteiger partial charge in [0.2, 0.25) is 0 Å². The molecule has 1 aliphatic carbocycles. The zero-order chi connectivity index (χ0) is 11.0. The molecule has 0 aliphatic heterocycles. The molecular weight excluding hydrogens is 199 g/mol. The van der Waals surface area contributed by atoms with E-state index < -0.39 is 7.60 Å². The Bertz CT molecular complexity index is 298. The normalized spacial score (nSPS) is 25.8. The highest BCUT2D eigenvalue weighted by Gasteiger charge is 2.33. The van der Waals surface area contributed by atoms with E-state index in [1.807, 2.05) is 6.92 Å². The lowest BCUT2D eigenvalue weighted by molar-refractivity contribution is 0.213. The van der Waals surface area contributed by atoms with Crippen LogP contribution < -0.4 is 0 Å². The molecule has 3 nitrogen and oxygen atoms in total. The summed E-state index contributed by atoms with van der Waals surface area (Å²) < 4.78 is 16.4. The minimum absolute atomic E-state index is 0.100. The van der Waals surface area contributed by atoms with Crippen molar-refractivity contribution in [1.82, 2.24) is 0 Å². The molecule has 14 heavy (non-hydrogen) atoms. The van der Waals surface area contributed by atoms with E-state index in [0.29, 0.717) is 0 Å². The molecule has 0 heterocycles. The summed E-state index contributed by atoms with van der Waals surface area (Å²) in [6.07, 6.45) is 3.11. The van der Waals surface area contributed by atoms with Crippen LogP contribution in [0.25, 0.3) is 0 Å². The smallest absolute Gasteiger partial charge is 0.373 e. The maximum absolute atomic E-state index is 11.2. The zero-order valence-electron chi connectivity index (χ0n) is 9.33. The first-order chi connectivity index (χ1) is 6.22. The maximum Gasteiger partial charge on any atom is 0.373 e. The lowest BCUT2D eigenvalue weighted by Gasteiger charge is -2.34. The van der Waals surface area contributed by atoms with Crippen molar-refractivity contribution < 1.29 is 14.0 Å². The predicted octanol–water partition coefficient (Wildman–Crippen LogP) is 3.30. The Labute approximate surface area is 85.7 Å². The number of hydrogen-bond acceptors (Lipinski definition) is 2. The Kier molecular flexibility index (Phi) is 3.13. The minimum atomic E-state index is -3.41. The molecule has 4 heteroatoms. The first-order valence-electron chi connectivity index (χ1n) is 4.92. The molecule has 0 aromatic rings. The Morgan fingerprint density at radius 3 is 2.50 bits per heavy atom. The summed E-state index contributed by atoms with van der Waals surface area (Å²) in [6, 6.07) is 0. The molecule has 82 valence electrons. The Hall–Kier alpha value is -0.270. The molecule has 0 radical (unpaired) electrons. The number of allylic oxidation sites excluding steroid dienone is 2. The van der Waals surface area contributed by atoms with Crippen molar-refractivity contribution in [2.24, 2.45) is 5.41 Å². The van der Waals surface area contributed by atoms with Crippen LogP contribution >= 0.6 is 7.60 Å². The van der Waals surface area contributed by atoms with Crippen molar-refractivity contribution >= 4 is 7.60 Å². The molecule has 0 aromatic heterocycles. The van der Waals surface area contributed by atoms with Gasteiger partial charge in [-0.2, -0.15) is 0 Å². The monoisotopic (exact) mass is 218 g/mol. The molecule has 1 unspecified atom stereocenters. The quantitative estimate of drug-likeness (QED) is 0.723. The Morgan fingerprint density at radius 2 is 2.07 bits per heavy atom. The van der Waals surface area contributed by atoms with Crippen LogP contribution in [-0.4, -0.2) is 11.6 Å². The van der Waals surface area contributed by atoms with Gasteiger partial charge in [0.25, 0.3) is 0 Å². The van der Waals surface area contributed by atoms with Crippen LogP contribution in [0.5, 0.6) is 0 Å². The third-order valence-corrected chi connectivity index (χ3v) is 3.14. The van der Waals surface area contributed by atoms with E-state index in [2.05, 4.69) is 13.8 Å². The highest BCUT2D eigenvalue weighted by atomic mass is 31.2. The second-order valence-corrected chi connectivity index (χ2v) is 6.53. The van der Waals surface area contributed by atoms with Crippen LogP contribution in [0.3, 0.4) is 0 Å². The average molecular weight is 218 g/mol. The van der Waals surface area contributed by atoms with Crippen molar-refractivity contribution in [3.05, 3.63) is 11.3 Å². The van der Waals surface area contributed by atoms with Gasteiger partial charge in [0.1, 0.15) is 5.76 Å². The first kappa shape index (κ1) is 11.8. The summed E-state index contributed by atoms with van der Waals surface area (Å²) in [5.74, 6) is 0.720. The molecule has 0 spiro atoms. The molecule has 0 fully saturated rings. The third kappa shape index (κ3) is 2.86. The fourth-order valence-electron chi connectivity index (χ4n) is 1.97. The fourth-order valence-corrected chi connectivity index (χ4v) is 2.71. The van der Waals surface area contributed by atoms with E-state index >= 15 is 0 Å². The van der Waals surface area contributed by atoms with Crippen LogP contribution in [0, 0.1) is 5.41 Å². The number of hydrogen-bond donors (Lipinski definition) is 1. The van der Waals surface area contributed by atoms with Gasteiger partial charge in [-0.1, -0.05) is 13.8 Å². The average Bonchev–Trinajstić information content (AvgIpc) is 1.95. The van der Waals surface area contributed by atoms with Crippen LogP contribution in [0.2, 0.25) is 0 Å². The van der Waals surface area contributed by atoms with E-state index in [1.54, 1.807) is 0 Å².